The summed E-state index contributed by atoms with van der Waals surface area (Å²) in [5, 5.41) is 1.20. The van der Waals surface area contributed by atoms with E-state index in [4.69, 9.17) is 28.9 Å². The number of hydrogen-bond donors (Lipinski definition) is 1. The van der Waals surface area contributed by atoms with Gasteiger partial charge in [0.05, 0.1) is 0 Å². The van der Waals surface area contributed by atoms with E-state index in [1.165, 1.54) is 6.07 Å². The van der Waals surface area contributed by atoms with Crippen LogP contribution in [0.5, 0.6) is 0 Å². The maximum Gasteiger partial charge on any atom is 0.126 e. The van der Waals surface area contributed by atoms with E-state index >= 15 is 0 Å². The summed E-state index contributed by atoms with van der Waals surface area (Å²) in [5.41, 5.74) is 8.56. The van der Waals surface area contributed by atoms with Crippen LogP contribution in [0.25, 0.3) is 0 Å². The van der Waals surface area contributed by atoms with Gasteiger partial charge in [-0.3, -0.25) is 0 Å². The van der Waals surface area contributed by atoms with Crippen molar-refractivity contribution in [2.45, 2.75) is 19.4 Å². The first kappa shape index (κ1) is 14.3. The van der Waals surface area contributed by atoms with Crippen LogP contribution < -0.4 is 5.73 Å². The molecule has 2 aromatic rings. The number of hydrogen-bond acceptors (Lipinski definition) is 1. The molecule has 0 saturated carbocycles. The Bertz CT molecular complexity index is 599. The zero-order valence-corrected chi connectivity index (χ0v) is 12.0. The van der Waals surface area contributed by atoms with Crippen LogP contribution in [0.3, 0.4) is 0 Å². The fraction of sp³-hybridized carbons (Fsp3) is 0.200. The van der Waals surface area contributed by atoms with Gasteiger partial charge < -0.3 is 5.73 Å². The average molecular weight is 298 g/mol. The second-order valence-electron chi connectivity index (χ2n) is 4.55. The lowest BCUT2D eigenvalue weighted by molar-refractivity contribution is 0.615. The summed E-state index contributed by atoms with van der Waals surface area (Å²) in [4.78, 5) is 0. The van der Waals surface area contributed by atoms with Crippen LogP contribution in [-0.4, -0.2) is 0 Å². The molecule has 0 radical (unpaired) electrons. The minimum Gasteiger partial charge on any atom is -0.324 e. The molecule has 0 aliphatic carbocycles. The Morgan fingerprint density at radius 3 is 2.53 bits per heavy atom. The van der Waals surface area contributed by atoms with E-state index < -0.39 is 0 Å². The first-order valence-electron chi connectivity index (χ1n) is 5.93. The van der Waals surface area contributed by atoms with Crippen molar-refractivity contribution in [1.82, 2.24) is 0 Å². The summed E-state index contributed by atoms with van der Waals surface area (Å²) in [6.45, 7) is 1.72. The molecule has 0 aliphatic rings. The van der Waals surface area contributed by atoms with Gasteiger partial charge in [-0.05, 0) is 48.2 Å². The van der Waals surface area contributed by atoms with Crippen molar-refractivity contribution in [3.63, 3.8) is 0 Å². The summed E-state index contributed by atoms with van der Waals surface area (Å²) >= 11 is 12.0. The molecule has 1 unspecified atom stereocenters. The maximum absolute atomic E-state index is 13.2. The Kier molecular flexibility index (Phi) is 4.46. The molecule has 0 amide bonds. The van der Waals surface area contributed by atoms with Crippen molar-refractivity contribution in [2.24, 2.45) is 5.73 Å². The zero-order chi connectivity index (χ0) is 14.0. The van der Waals surface area contributed by atoms with Crippen LogP contribution in [0.4, 0.5) is 4.39 Å². The lowest BCUT2D eigenvalue weighted by Crippen LogP contribution is -2.14. The highest BCUT2D eigenvalue weighted by molar-refractivity contribution is 6.35. The molecule has 0 bridgehead atoms. The van der Waals surface area contributed by atoms with E-state index in [1.807, 2.05) is 6.07 Å². The van der Waals surface area contributed by atoms with Crippen molar-refractivity contribution >= 4 is 23.2 Å². The molecule has 0 heterocycles. The van der Waals surface area contributed by atoms with Crippen molar-refractivity contribution < 1.29 is 4.39 Å². The molecular weight excluding hydrogens is 284 g/mol. The predicted molar refractivity (Wildman–Crippen MR) is 78.2 cm³/mol. The van der Waals surface area contributed by atoms with E-state index in [1.54, 1.807) is 31.2 Å². The highest BCUT2D eigenvalue weighted by Crippen LogP contribution is 2.25. The third-order valence-corrected chi connectivity index (χ3v) is 3.65. The van der Waals surface area contributed by atoms with Gasteiger partial charge in [-0.25, -0.2) is 4.39 Å². The molecule has 0 spiro atoms. The molecule has 2 aromatic carbocycles. The molecule has 4 heteroatoms. The number of rotatable bonds is 3. The molecular formula is C15H14Cl2FN. The number of halogens is 3. The van der Waals surface area contributed by atoms with Crippen LogP contribution in [-0.2, 0) is 6.42 Å². The summed E-state index contributed by atoms with van der Waals surface area (Å²) in [7, 11) is 0. The molecule has 1 atom stereocenters. The molecule has 0 aromatic heterocycles. The zero-order valence-electron chi connectivity index (χ0n) is 10.5. The van der Waals surface area contributed by atoms with Gasteiger partial charge in [0.2, 0.25) is 0 Å². The smallest absolute Gasteiger partial charge is 0.126 e. The quantitative estimate of drug-likeness (QED) is 0.874. The van der Waals surface area contributed by atoms with Crippen LogP contribution in [0, 0.1) is 12.7 Å². The van der Waals surface area contributed by atoms with Crippen molar-refractivity contribution in [3.05, 3.63) is 69.0 Å². The predicted octanol–water partition coefficient (Wildman–Crippen LogP) is 4.68. The van der Waals surface area contributed by atoms with Gasteiger partial charge in [-0.1, -0.05) is 41.4 Å². The molecule has 0 aliphatic heterocycles. The Morgan fingerprint density at radius 1 is 1.16 bits per heavy atom. The van der Waals surface area contributed by atoms with Gasteiger partial charge in [0, 0.05) is 16.1 Å². The van der Waals surface area contributed by atoms with Crippen LogP contribution in [0.2, 0.25) is 10.0 Å². The first-order valence-corrected chi connectivity index (χ1v) is 6.68. The van der Waals surface area contributed by atoms with Crippen molar-refractivity contribution in [2.75, 3.05) is 0 Å². The molecule has 2 rings (SSSR count). The largest absolute Gasteiger partial charge is 0.324 e. The highest BCUT2D eigenvalue weighted by Gasteiger charge is 2.11. The fourth-order valence-electron chi connectivity index (χ4n) is 1.94. The molecule has 19 heavy (non-hydrogen) atoms. The molecule has 1 nitrogen and oxygen atoms in total. The minimum atomic E-state index is -0.224. The van der Waals surface area contributed by atoms with Gasteiger partial charge in [-0.2, -0.15) is 0 Å². The normalized spacial score (nSPS) is 12.5. The third-order valence-electron chi connectivity index (χ3n) is 3.07. The monoisotopic (exact) mass is 297 g/mol. The van der Waals surface area contributed by atoms with Gasteiger partial charge in [0.1, 0.15) is 5.82 Å². The molecule has 0 saturated heterocycles. The van der Waals surface area contributed by atoms with Gasteiger partial charge in [0.25, 0.3) is 0 Å². The van der Waals surface area contributed by atoms with E-state index in [0.717, 1.165) is 11.1 Å². The summed E-state index contributed by atoms with van der Waals surface area (Å²) in [5.74, 6) is -0.222. The second-order valence-corrected chi connectivity index (χ2v) is 5.40. The maximum atomic E-state index is 13.2. The van der Waals surface area contributed by atoms with E-state index in [2.05, 4.69) is 0 Å². The Labute approximate surface area is 122 Å². The van der Waals surface area contributed by atoms with E-state index in [-0.39, 0.29) is 11.9 Å². The van der Waals surface area contributed by atoms with Crippen LogP contribution in [0.1, 0.15) is 22.7 Å². The third kappa shape index (κ3) is 3.47. The first-order chi connectivity index (χ1) is 8.97. The van der Waals surface area contributed by atoms with Gasteiger partial charge in [0.15, 0.2) is 0 Å². The topological polar surface area (TPSA) is 26.0 Å². The summed E-state index contributed by atoms with van der Waals surface area (Å²) in [6, 6.07) is 10.0. The summed E-state index contributed by atoms with van der Waals surface area (Å²) in [6.07, 6.45) is 0.584. The van der Waals surface area contributed by atoms with Crippen molar-refractivity contribution in [1.29, 1.82) is 0 Å². The standard InChI is InChI=1S/C15H14Cl2FN/c1-9-6-11(3-5-14(9)18)15(19)7-10-2-4-12(16)8-13(10)17/h2-6,8,15H,7,19H2,1H3. The van der Waals surface area contributed by atoms with Crippen LogP contribution in [0.15, 0.2) is 36.4 Å². The lowest BCUT2D eigenvalue weighted by atomic mass is 9.98. The number of nitrogens with two attached hydrogens (primary N) is 1. The SMILES string of the molecule is Cc1cc(C(N)Cc2ccc(Cl)cc2Cl)ccc1F. The van der Waals surface area contributed by atoms with Gasteiger partial charge in [-0.15, -0.1) is 0 Å². The second kappa shape index (κ2) is 5.91. The average Bonchev–Trinajstić information content (AvgIpc) is 2.36. The van der Waals surface area contributed by atoms with Crippen LogP contribution >= 0.6 is 23.2 Å². The Morgan fingerprint density at radius 2 is 1.89 bits per heavy atom. The highest BCUT2D eigenvalue weighted by atomic mass is 35.5. The molecule has 0 fully saturated rings. The Hall–Kier alpha value is -1.09. The minimum absolute atomic E-state index is 0.222. The lowest BCUT2D eigenvalue weighted by Gasteiger charge is -2.14. The number of aryl methyl sites for hydroxylation is 1. The number of benzene rings is 2. The molecule has 2 N–H and O–H groups in total. The van der Waals surface area contributed by atoms with Crippen molar-refractivity contribution in [3.8, 4) is 0 Å². The van der Waals surface area contributed by atoms with E-state index in [9.17, 15) is 4.39 Å². The Balaban J connectivity index is 2.20. The van der Waals surface area contributed by atoms with E-state index in [0.29, 0.717) is 22.0 Å². The molecule has 100 valence electrons. The fourth-order valence-corrected chi connectivity index (χ4v) is 2.43. The summed E-state index contributed by atoms with van der Waals surface area (Å²) < 4.78 is 13.2. The van der Waals surface area contributed by atoms with Gasteiger partial charge >= 0.3 is 0 Å².